The van der Waals surface area contributed by atoms with Crippen LogP contribution in [0.5, 0.6) is 0 Å². The van der Waals surface area contributed by atoms with Crippen molar-refractivity contribution in [1.82, 2.24) is 15.1 Å². The van der Waals surface area contributed by atoms with Crippen LogP contribution in [0.15, 0.2) is 33.8 Å². The third-order valence-corrected chi connectivity index (χ3v) is 6.04. The zero-order valence-corrected chi connectivity index (χ0v) is 14.6. The lowest BCUT2D eigenvalue weighted by Crippen LogP contribution is -2.40. The number of thiophene rings is 1. The van der Waals surface area contributed by atoms with Crippen LogP contribution in [-0.2, 0) is 4.79 Å². The fourth-order valence-corrected chi connectivity index (χ4v) is 4.54. The van der Waals surface area contributed by atoms with Crippen LogP contribution in [0.4, 0.5) is 5.69 Å². The average molecular weight is 358 g/mol. The van der Waals surface area contributed by atoms with Gasteiger partial charge in [0.2, 0.25) is 5.91 Å². The molecule has 2 aliphatic heterocycles. The van der Waals surface area contributed by atoms with Crippen molar-refractivity contribution in [3.63, 3.8) is 0 Å². The van der Waals surface area contributed by atoms with E-state index < -0.39 is 5.41 Å². The molecule has 130 valence electrons. The fourth-order valence-electron chi connectivity index (χ4n) is 3.90. The zero-order chi connectivity index (χ0) is 17.6. The Hall–Kier alpha value is -2.48. The fraction of sp³-hybridized carbons (Fsp3) is 0.412. The summed E-state index contributed by atoms with van der Waals surface area (Å²) in [5, 5.41) is 10.0. The quantitative estimate of drug-likeness (QED) is 0.878. The van der Waals surface area contributed by atoms with Gasteiger partial charge in [-0.05, 0) is 29.9 Å². The molecule has 0 aromatic carbocycles. The highest BCUT2D eigenvalue weighted by Gasteiger charge is 2.56. The maximum atomic E-state index is 13.1. The highest BCUT2D eigenvalue weighted by Crippen LogP contribution is 2.46. The number of aromatic nitrogens is 2. The van der Waals surface area contributed by atoms with E-state index in [1.54, 1.807) is 16.2 Å². The van der Waals surface area contributed by atoms with Crippen molar-refractivity contribution >= 4 is 28.8 Å². The molecule has 2 aromatic rings. The lowest BCUT2D eigenvalue weighted by atomic mass is 9.78. The molecule has 1 spiro atoms. The molecule has 2 atom stereocenters. The number of nitrogens with zero attached hydrogens (tertiary/aromatic N) is 3. The van der Waals surface area contributed by atoms with Crippen LogP contribution in [0.3, 0.4) is 0 Å². The van der Waals surface area contributed by atoms with Crippen LogP contribution >= 0.6 is 11.3 Å². The van der Waals surface area contributed by atoms with Crippen LogP contribution in [0.2, 0.25) is 0 Å². The Bertz CT molecular complexity index is 858. The molecule has 1 N–H and O–H groups in total. The Labute approximate surface area is 148 Å². The van der Waals surface area contributed by atoms with Gasteiger partial charge in [-0.15, -0.1) is 0 Å². The molecule has 4 heterocycles. The minimum Gasteiger partial charge on any atom is -0.336 e. The second kappa shape index (κ2) is 5.80. The topological polar surface area (TPSA) is 86.4 Å². The first-order valence-corrected chi connectivity index (χ1v) is 9.15. The lowest BCUT2D eigenvalue weighted by molar-refractivity contribution is -0.126. The minimum absolute atomic E-state index is 0.0790. The van der Waals surface area contributed by atoms with Crippen molar-refractivity contribution in [3.05, 3.63) is 45.0 Å². The summed E-state index contributed by atoms with van der Waals surface area (Å²) < 4.78 is 0. The van der Waals surface area contributed by atoms with Gasteiger partial charge < -0.3 is 9.80 Å². The van der Waals surface area contributed by atoms with E-state index in [4.69, 9.17) is 0 Å². The van der Waals surface area contributed by atoms with Gasteiger partial charge in [-0.1, -0.05) is 6.92 Å². The molecule has 2 amide bonds. The van der Waals surface area contributed by atoms with E-state index in [-0.39, 0.29) is 29.0 Å². The monoisotopic (exact) mass is 358 g/mol. The third kappa shape index (κ3) is 2.48. The Balaban J connectivity index is 1.57. The van der Waals surface area contributed by atoms with Crippen LogP contribution in [-0.4, -0.2) is 46.5 Å². The second-order valence-electron chi connectivity index (χ2n) is 6.74. The summed E-state index contributed by atoms with van der Waals surface area (Å²) in [6.07, 6.45) is 0.742. The normalized spacial score (nSPS) is 26.0. The van der Waals surface area contributed by atoms with Gasteiger partial charge in [-0.3, -0.25) is 14.4 Å². The van der Waals surface area contributed by atoms with Gasteiger partial charge in [0.15, 0.2) is 0 Å². The molecule has 0 aliphatic carbocycles. The number of likely N-dealkylation sites (tertiary alicyclic amines) is 1. The maximum Gasteiger partial charge on any atom is 0.274 e. The number of H-pyrrole nitrogens is 1. The smallest absolute Gasteiger partial charge is 0.274 e. The maximum absolute atomic E-state index is 13.1. The van der Waals surface area contributed by atoms with E-state index in [1.807, 2.05) is 28.7 Å². The van der Waals surface area contributed by atoms with E-state index in [2.05, 4.69) is 10.2 Å². The van der Waals surface area contributed by atoms with Crippen molar-refractivity contribution in [2.24, 2.45) is 11.3 Å². The summed E-state index contributed by atoms with van der Waals surface area (Å²) in [6.45, 7) is 3.62. The predicted molar refractivity (Wildman–Crippen MR) is 93.6 cm³/mol. The van der Waals surface area contributed by atoms with Crippen LogP contribution in [0.25, 0.3) is 0 Å². The van der Waals surface area contributed by atoms with E-state index in [0.29, 0.717) is 19.6 Å². The van der Waals surface area contributed by atoms with Crippen molar-refractivity contribution in [2.75, 3.05) is 24.5 Å². The van der Waals surface area contributed by atoms with Crippen molar-refractivity contribution in [3.8, 4) is 0 Å². The first kappa shape index (κ1) is 16.0. The lowest BCUT2D eigenvalue weighted by Gasteiger charge is -2.26. The molecule has 0 saturated carbocycles. The highest BCUT2D eigenvalue weighted by atomic mass is 32.1. The van der Waals surface area contributed by atoms with Gasteiger partial charge >= 0.3 is 0 Å². The van der Waals surface area contributed by atoms with E-state index in [0.717, 1.165) is 12.1 Å². The molecule has 8 heteroatoms. The Kier molecular flexibility index (Phi) is 3.72. The van der Waals surface area contributed by atoms with Crippen LogP contribution in [0.1, 0.15) is 23.8 Å². The average Bonchev–Trinajstić information content (AvgIpc) is 3.31. The summed E-state index contributed by atoms with van der Waals surface area (Å²) in [6, 6.07) is 4.66. The minimum atomic E-state index is -0.528. The van der Waals surface area contributed by atoms with Gasteiger partial charge in [0, 0.05) is 31.1 Å². The van der Waals surface area contributed by atoms with Crippen molar-refractivity contribution < 1.29 is 9.59 Å². The summed E-state index contributed by atoms with van der Waals surface area (Å²) in [5.41, 5.74) is 0.259. The molecular weight excluding hydrogens is 340 g/mol. The summed E-state index contributed by atoms with van der Waals surface area (Å²) in [4.78, 5) is 40.4. The Morgan fingerprint density at radius 1 is 1.36 bits per heavy atom. The molecule has 0 radical (unpaired) electrons. The van der Waals surface area contributed by atoms with Crippen molar-refractivity contribution in [2.45, 2.75) is 13.3 Å². The van der Waals surface area contributed by atoms with Gasteiger partial charge in [0.1, 0.15) is 5.69 Å². The molecule has 2 fully saturated rings. The number of aromatic amines is 1. The summed E-state index contributed by atoms with van der Waals surface area (Å²) in [7, 11) is 0. The number of carbonyl (C=O) groups excluding carboxylic acids is 2. The van der Waals surface area contributed by atoms with E-state index in [1.165, 1.54) is 12.1 Å². The number of hydrogen-bond donors (Lipinski definition) is 1. The van der Waals surface area contributed by atoms with Gasteiger partial charge in [-0.2, -0.15) is 16.4 Å². The molecular formula is C17H18N4O3S. The van der Waals surface area contributed by atoms with Crippen LogP contribution in [0, 0.1) is 11.3 Å². The number of nitrogens with one attached hydrogen (secondary N) is 1. The van der Waals surface area contributed by atoms with Gasteiger partial charge in [0.25, 0.3) is 11.5 Å². The summed E-state index contributed by atoms with van der Waals surface area (Å²) in [5.74, 6) is -0.0692. The highest BCUT2D eigenvalue weighted by molar-refractivity contribution is 7.08. The van der Waals surface area contributed by atoms with Gasteiger partial charge in [-0.25, -0.2) is 5.10 Å². The molecule has 2 aliphatic rings. The second-order valence-corrected chi connectivity index (χ2v) is 7.52. The standard InChI is InChI=1S/C17H18N4O3S/c1-11-8-20(15(23)13-2-3-14(22)19-18-13)10-17(11)5-6-21(16(17)24)12-4-7-25-9-12/h2-4,7,9,11H,5-6,8,10H2,1H3,(H,19,22)/t11-,17-/m1/s1. The Morgan fingerprint density at radius 3 is 2.88 bits per heavy atom. The zero-order valence-electron chi connectivity index (χ0n) is 13.8. The first-order valence-electron chi connectivity index (χ1n) is 8.20. The third-order valence-electron chi connectivity index (χ3n) is 5.37. The summed E-state index contributed by atoms with van der Waals surface area (Å²) >= 11 is 1.57. The molecule has 2 aromatic heterocycles. The van der Waals surface area contributed by atoms with Gasteiger partial charge in [0.05, 0.1) is 11.1 Å². The number of carbonyl (C=O) groups is 2. The number of rotatable bonds is 2. The molecule has 4 rings (SSSR count). The first-order chi connectivity index (χ1) is 12.0. The van der Waals surface area contributed by atoms with Crippen LogP contribution < -0.4 is 10.5 Å². The largest absolute Gasteiger partial charge is 0.336 e. The molecule has 0 unspecified atom stereocenters. The molecule has 0 bridgehead atoms. The van der Waals surface area contributed by atoms with E-state index >= 15 is 0 Å². The van der Waals surface area contributed by atoms with Crippen molar-refractivity contribution in [1.29, 1.82) is 0 Å². The molecule has 2 saturated heterocycles. The van der Waals surface area contributed by atoms with E-state index in [9.17, 15) is 14.4 Å². The molecule has 25 heavy (non-hydrogen) atoms. The molecule has 7 nitrogen and oxygen atoms in total. The number of anilines is 1. The number of amides is 2. The number of hydrogen-bond acceptors (Lipinski definition) is 5. The predicted octanol–water partition coefficient (Wildman–Crippen LogP) is 1.35. The SMILES string of the molecule is C[C@@H]1CN(C(=O)c2ccc(=O)[nH]n2)C[C@]12CCN(c1ccsc1)C2=O. The Morgan fingerprint density at radius 2 is 2.20 bits per heavy atom.